The molecule has 128 valence electrons. The highest BCUT2D eigenvalue weighted by Gasteiger charge is 2.24. The van der Waals surface area contributed by atoms with Crippen LogP contribution < -0.4 is 5.32 Å². The van der Waals surface area contributed by atoms with Crippen LogP contribution in [0.2, 0.25) is 0 Å². The maximum atomic E-state index is 13.1. The molecule has 2 unspecified atom stereocenters. The molecule has 6 nitrogen and oxygen atoms in total. The van der Waals surface area contributed by atoms with Gasteiger partial charge < -0.3 is 10.4 Å². The Morgan fingerprint density at radius 2 is 1.92 bits per heavy atom. The molecular weight excluding hydrogens is 313 g/mol. The highest BCUT2D eigenvalue weighted by atomic mass is 19.1. The van der Waals surface area contributed by atoms with E-state index in [2.05, 4.69) is 10.4 Å². The SMILES string of the molecule is CCc1c(C(=O)NC(C)C(C)C(=O)O)cnn1-c1ccc(F)cc1. The molecule has 7 heteroatoms. The second-order valence-electron chi connectivity index (χ2n) is 5.64. The average Bonchev–Trinajstić information content (AvgIpc) is 2.98. The Morgan fingerprint density at radius 1 is 1.29 bits per heavy atom. The third-order valence-electron chi connectivity index (χ3n) is 4.02. The molecule has 1 heterocycles. The van der Waals surface area contributed by atoms with Crippen molar-refractivity contribution in [3.8, 4) is 5.69 Å². The third kappa shape index (κ3) is 3.61. The molecule has 2 rings (SSSR count). The minimum absolute atomic E-state index is 0.349. The van der Waals surface area contributed by atoms with Crippen molar-refractivity contribution in [3.63, 3.8) is 0 Å². The van der Waals surface area contributed by atoms with E-state index in [9.17, 15) is 14.0 Å². The van der Waals surface area contributed by atoms with E-state index >= 15 is 0 Å². The number of carbonyl (C=O) groups is 2. The van der Waals surface area contributed by atoms with Crippen LogP contribution in [0, 0.1) is 11.7 Å². The fourth-order valence-corrected chi connectivity index (χ4v) is 2.33. The zero-order valence-electron chi connectivity index (χ0n) is 13.8. The van der Waals surface area contributed by atoms with Crippen molar-refractivity contribution in [2.75, 3.05) is 0 Å². The molecule has 0 saturated heterocycles. The minimum Gasteiger partial charge on any atom is -0.481 e. The lowest BCUT2D eigenvalue weighted by Crippen LogP contribution is -2.40. The molecule has 1 aromatic carbocycles. The summed E-state index contributed by atoms with van der Waals surface area (Å²) in [6.07, 6.45) is 1.98. The highest BCUT2D eigenvalue weighted by Crippen LogP contribution is 2.17. The molecule has 2 N–H and O–H groups in total. The van der Waals surface area contributed by atoms with E-state index in [1.54, 1.807) is 23.7 Å². The fourth-order valence-electron chi connectivity index (χ4n) is 2.33. The molecule has 2 atom stereocenters. The van der Waals surface area contributed by atoms with E-state index in [1.165, 1.54) is 25.3 Å². The van der Waals surface area contributed by atoms with Crippen molar-refractivity contribution < 1.29 is 19.1 Å². The molecule has 0 saturated carbocycles. The molecule has 0 radical (unpaired) electrons. The lowest BCUT2D eigenvalue weighted by atomic mass is 10.0. The number of rotatable bonds is 6. The summed E-state index contributed by atoms with van der Waals surface area (Å²) in [5.41, 5.74) is 1.71. The van der Waals surface area contributed by atoms with Gasteiger partial charge in [0.2, 0.25) is 0 Å². The second kappa shape index (κ2) is 7.25. The largest absolute Gasteiger partial charge is 0.481 e. The van der Waals surface area contributed by atoms with Gasteiger partial charge >= 0.3 is 5.97 Å². The summed E-state index contributed by atoms with van der Waals surface area (Å²) in [6, 6.07) is 5.30. The maximum Gasteiger partial charge on any atom is 0.308 e. The van der Waals surface area contributed by atoms with E-state index in [0.29, 0.717) is 23.4 Å². The van der Waals surface area contributed by atoms with Crippen molar-refractivity contribution in [1.82, 2.24) is 15.1 Å². The van der Waals surface area contributed by atoms with Gasteiger partial charge in [0.1, 0.15) is 5.82 Å². The zero-order valence-corrected chi connectivity index (χ0v) is 13.8. The summed E-state index contributed by atoms with van der Waals surface area (Å²) in [4.78, 5) is 23.4. The smallest absolute Gasteiger partial charge is 0.308 e. The monoisotopic (exact) mass is 333 g/mol. The minimum atomic E-state index is -0.972. The van der Waals surface area contributed by atoms with Gasteiger partial charge in [0.25, 0.3) is 5.91 Å². The average molecular weight is 333 g/mol. The summed E-state index contributed by atoms with van der Waals surface area (Å²) in [7, 11) is 0. The van der Waals surface area contributed by atoms with E-state index in [-0.39, 0.29) is 11.7 Å². The first-order valence-corrected chi connectivity index (χ1v) is 7.71. The van der Waals surface area contributed by atoms with Crippen molar-refractivity contribution in [3.05, 3.63) is 47.5 Å². The molecule has 1 amide bonds. The molecular formula is C17H20FN3O3. The Hall–Kier alpha value is -2.70. The normalized spacial score (nSPS) is 13.3. The first-order valence-electron chi connectivity index (χ1n) is 7.71. The number of halogens is 1. The van der Waals surface area contributed by atoms with Crippen LogP contribution in [0.1, 0.15) is 36.8 Å². The van der Waals surface area contributed by atoms with Gasteiger partial charge in [-0.25, -0.2) is 9.07 Å². The molecule has 0 aliphatic heterocycles. The molecule has 1 aromatic heterocycles. The first-order chi connectivity index (χ1) is 11.3. The summed E-state index contributed by atoms with van der Waals surface area (Å²) in [5, 5.41) is 15.9. The predicted octanol–water partition coefficient (Wildman–Crippen LogP) is 2.41. The van der Waals surface area contributed by atoms with Gasteiger partial charge in [-0.15, -0.1) is 0 Å². The van der Waals surface area contributed by atoms with Gasteiger partial charge in [-0.2, -0.15) is 5.10 Å². The van der Waals surface area contributed by atoms with Crippen molar-refractivity contribution in [2.24, 2.45) is 5.92 Å². The highest BCUT2D eigenvalue weighted by molar-refractivity contribution is 5.95. The Kier molecular flexibility index (Phi) is 5.33. The Labute approximate surface area is 139 Å². The lowest BCUT2D eigenvalue weighted by molar-refractivity contribution is -0.141. The number of amides is 1. The number of benzene rings is 1. The number of nitrogens with one attached hydrogen (secondary N) is 1. The third-order valence-corrected chi connectivity index (χ3v) is 4.02. The second-order valence-corrected chi connectivity index (χ2v) is 5.64. The van der Waals surface area contributed by atoms with Crippen LogP contribution in [-0.2, 0) is 11.2 Å². The first kappa shape index (κ1) is 17.7. The molecule has 0 aliphatic carbocycles. The Balaban J connectivity index is 2.27. The van der Waals surface area contributed by atoms with E-state index in [1.807, 2.05) is 6.92 Å². The summed E-state index contributed by atoms with van der Waals surface area (Å²) in [6.45, 7) is 5.07. The van der Waals surface area contributed by atoms with Crippen molar-refractivity contribution >= 4 is 11.9 Å². The topological polar surface area (TPSA) is 84.2 Å². The fraction of sp³-hybridized carbons (Fsp3) is 0.353. The number of carbonyl (C=O) groups excluding carboxylic acids is 1. The molecule has 0 fully saturated rings. The van der Waals surface area contributed by atoms with Gasteiger partial charge in [-0.05, 0) is 44.5 Å². The standard InChI is InChI=1S/C17H20FN3O3/c1-4-15-14(16(22)20-11(3)10(2)17(23)24)9-19-21(15)13-7-5-12(18)6-8-13/h5-11H,4H2,1-3H3,(H,20,22)(H,23,24). The number of aliphatic carboxylic acids is 1. The Bertz CT molecular complexity index is 740. The number of nitrogens with zero attached hydrogens (tertiary/aromatic N) is 2. The molecule has 0 bridgehead atoms. The van der Waals surface area contributed by atoms with Gasteiger partial charge in [0, 0.05) is 6.04 Å². The zero-order chi connectivity index (χ0) is 17.9. The van der Waals surface area contributed by atoms with Crippen LogP contribution in [0.3, 0.4) is 0 Å². The van der Waals surface area contributed by atoms with Crippen molar-refractivity contribution in [2.45, 2.75) is 33.2 Å². The lowest BCUT2D eigenvalue weighted by Gasteiger charge is -2.17. The van der Waals surface area contributed by atoms with Crippen molar-refractivity contribution in [1.29, 1.82) is 0 Å². The van der Waals surface area contributed by atoms with Gasteiger partial charge in [-0.1, -0.05) is 6.92 Å². The summed E-state index contributed by atoms with van der Waals surface area (Å²) in [5.74, 6) is -2.40. The van der Waals surface area contributed by atoms with Gasteiger partial charge in [0.15, 0.2) is 0 Å². The van der Waals surface area contributed by atoms with Gasteiger partial charge in [-0.3, -0.25) is 9.59 Å². The predicted molar refractivity (Wildman–Crippen MR) is 86.6 cm³/mol. The van der Waals surface area contributed by atoms with E-state index in [4.69, 9.17) is 5.11 Å². The number of aromatic nitrogens is 2. The maximum absolute atomic E-state index is 13.1. The van der Waals surface area contributed by atoms with Gasteiger partial charge in [0.05, 0.1) is 29.1 Å². The van der Waals surface area contributed by atoms with E-state index in [0.717, 1.165) is 0 Å². The van der Waals surface area contributed by atoms with Crippen LogP contribution in [0.4, 0.5) is 4.39 Å². The molecule has 0 aliphatic rings. The quantitative estimate of drug-likeness (QED) is 0.850. The van der Waals surface area contributed by atoms with Crippen LogP contribution >= 0.6 is 0 Å². The number of carboxylic acid groups (broad SMARTS) is 1. The number of hydrogen-bond acceptors (Lipinski definition) is 3. The molecule has 24 heavy (non-hydrogen) atoms. The van der Waals surface area contributed by atoms with Crippen LogP contribution in [0.5, 0.6) is 0 Å². The number of carboxylic acids is 1. The molecule has 0 spiro atoms. The van der Waals surface area contributed by atoms with E-state index < -0.39 is 17.9 Å². The summed E-state index contributed by atoms with van der Waals surface area (Å²) >= 11 is 0. The Morgan fingerprint density at radius 3 is 2.46 bits per heavy atom. The summed E-state index contributed by atoms with van der Waals surface area (Å²) < 4.78 is 14.6. The van der Waals surface area contributed by atoms with Crippen LogP contribution in [0.25, 0.3) is 5.69 Å². The van der Waals surface area contributed by atoms with Crippen LogP contribution in [-0.4, -0.2) is 32.8 Å². The number of hydrogen-bond donors (Lipinski definition) is 2. The van der Waals surface area contributed by atoms with Crippen LogP contribution in [0.15, 0.2) is 30.5 Å². The molecule has 2 aromatic rings.